The number of nitrogens with one attached hydrogen (secondary N) is 2. The van der Waals surface area contributed by atoms with Gasteiger partial charge >= 0.3 is 0 Å². The topological polar surface area (TPSA) is 24.1 Å². The first kappa shape index (κ1) is 8.50. The Hall–Kier alpha value is -0.500. The SMILES string of the molecule is CC/C(C)=C(\C)NNC. The molecule has 0 spiro atoms. The van der Waals surface area contributed by atoms with E-state index in [4.69, 9.17) is 0 Å². The Balaban J connectivity index is 3.78. The Morgan fingerprint density at radius 3 is 2.22 bits per heavy atom. The standard InChI is InChI=1S/C7H16N2/c1-5-6(2)7(3)9-8-4/h8-9H,5H2,1-4H3/b7-6+. The maximum Gasteiger partial charge on any atom is 0.0219 e. The van der Waals surface area contributed by atoms with Gasteiger partial charge in [-0.05, 0) is 20.3 Å². The Kier molecular flexibility index (Phi) is 4.14. The zero-order chi connectivity index (χ0) is 7.28. The van der Waals surface area contributed by atoms with E-state index in [-0.39, 0.29) is 0 Å². The van der Waals surface area contributed by atoms with Crippen LogP contribution in [0.25, 0.3) is 0 Å². The van der Waals surface area contributed by atoms with Gasteiger partial charge in [0.15, 0.2) is 0 Å². The van der Waals surface area contributed by atoms with Crippen molar-refractivity contribution in [3.8, 4) is 0 Å². The van der Waals surface area contributed by atoms with E-state index in [0.29, 0.717) is 0 Å². The fourth-order valence-corrected chi connectivity index (χ4v) is 0.559. The molecule has 0 atom stereocenters. The summed E-state index contributed by atoms with van der Waals surface area (Å²) in [5.41, 5.74) is 8.52. The van der Waals surface area contributed by atoms with Crippen molar-refractivity contribution in [2.24, 2.45) is 0 Å². The zero-order valence-electron chi connectivity index (χ0n) is 6.71. The molecule has 0 saturated heterocycles. The molecule has 0 amide bonds. The fraction of sp³-hybridized carbons (Fsp3) is 0.714. The van der Waals surface area contributed by atoms with Crippen molar-refractivity contribution < 1.29 is 0 Å². The molecule has 0 aromatic rings. The van der Waals surface area contributed by atoms with Crippen molar-refractivity contribution in [1.29, 1.82) is 0 Å². The van der Waals surface area contributed by atoms with Crippen molar-refractivity contribution in [3.05, 3.63) is 11.3 Å². The first-order valence-electron chi connectivity index (χ1n) is 3.31. The molecule has 0 bridgehead atoms. The van der Waals surface area contributed by atoms with Crippen LogP contribution < -0.4 is 10.9 Å². The van der Waals surface area contributed by atoms with Crippen LogP contribution in [0.3, 0.4) is 0 Å². The van der Waals surface area contributed by atoms with E-state index in [1.165, 1.54) is 11.3 Å². The molecule has 0 aromatic heterocycles. The number of rotatable bonds is 3. The van der Waals surface area contributed by atoms with Gasteiger partial charge in [0.2, 0.25) is 0 Å². The van der Waals surface area contributed by atoms with E-state index >= 15 is 0 Å². The Labute approximate surface area is 57.3 Å². The van der Waals surface area contributed by atoms with Crippen molar-refractivity contribution >= 4 is 0 Å². The molecular formula is C7H16N2. The summed E-state index contributed by atoms with van der Waals surface area (Å²) in [4.78, 5) is 0. The maximum atomic E-state index is 3.03. The van der Waals surface area contributed by atoms with Crippen LogP contribution in [0.2, 0.25) is 0 Å². The molecule has 0 radical (unpaired) electrons. The molecule has 0 aliphatic rings. The summed E-state index contributed by atoms with van der Waals surface area (Å²) < 4.78 is 0. The highest BCUT2D eigenvalue weighted by molar-refractivity contribution is 5.05. The lowest BCUT2D eigenvalue weighted by Gasteiger charge is -2.06. The van der Waals surface area contributed by atoms with Crippen molar-refractivity contribution in [2.45, 2.75) is 27.2 Å². The summed E-state index contributed by atoms with van der Waals surface area (Å²) in [6, 6.07) is 0. The molecule has 0 aliphatic carbocycles. The summed E-state index contributed by atoms with van der Waals surface area (Å²) in [7, 11) is 1.87. The van der Waals surface area contributed by atoms with Crippen molar-refractivity contribution in [3.63, 3.8) is 0 Å². The molecule has 2 N–H and O–H groups in total. The number of hydrazine groups is 1. The Morgan fingerprint density at radius 2 is 1.89 bits per heavy atom. The highest BCUT2D eigenvalue weighted by Crippen LogP contribution is 2.01. The van der Waals surface area contributed by atoms with E-state index in [1.807, 2.05) is 7.05 Å². The van der Waals surface area contributed by atoms with E-state index in [2.05, 4.69) is 31.6 Å². The lowest BCUT2D eigenvalue weighted by Crippen LogP contribution is -2.26. The number of hydrogen-bond donors (Lipinski definition) is 2. The molecule has 0 aliphatic heterocycles. The summed E-state index contributed by atoms with van der Waals surface area (Å²) in [5, 5.41) is 0. The van der Waals surface area contributed by atoms with Gasteiger partial charge in [-0.25, -0.2) is 5.43 Å². The second-order valence-electron chi connectivity index (χ2n) is 2.13. The van der Waals surface area contributed by atoms with Gasteiger partial charge in [0.1, 0.15) is 0 Å². The van der Waals surface area contributed by atoms with E-state index < -0.39 is 0 Å². The first-order chi connectivity index (χ1) is 4.22. The molecule has 0 aromatic carbocycles. The van der Waals surface area contributed by atoms with Crippen LogP contribution >= 0.6 is 0 Å². The van der Waals surface area contributed by atoms with Crippen LogP contribution in [0.5, 0.6) is 0 Å². The fourth-order valence-electron chi connectivity index (χ4n) is 0.559. The average Bonchev–Trinajstić information content (AvgIpc) is 1.87. The van der Waals surface area contributed by atoms with Gasteiger partial charge in [0.25, 0.3) is 0 Å². The van der Waals surface area contributed by atoms with Gasteiger partial charge in [0, 0.05) is 12.7 Å². The molecule has 2 heteroatoms. The third kappa shape index (κ3) is 3.14. The minimum absolute atomic E-state index is 1.11. The highest BCUT2D eigenvalue weighted by atomic mass is 15.3. The second-order valence-corrected chi connectivity index (χ2v) is 2.13. The quantitative estimate of drug-likeness (QED) is 0.562. The maximum absolute atomic E-state index is 3.03. The smallest absolute Gasteiger partial charge is 0.0219 e. The van der Waals surface area contributed by atoms with E-state index in [0.717, 1.165) is 6.42 Å². The molecule has 2 nitrogen and oxygen atoms in total. The minimum Gasteiger partial charge on any atom is -0.326 e. The van der Waals surface area contributed by atoms with Gasteiger partial charge < -0.3 is 5.43 Å². The van der Waals surface area contributed by atoms with E-state index in [1.54, 1.807) is 0 Å². The van der Waals surface area contributed by atoms with Gasteiger partial charge in [-0.2, -0.15) is 0 Å². The Bertz CT molecular complexity index is 105. The summed E-state index contributed by atoms with van der Waals surface area (Å²) in [5.74, 6) is 0. The van der Waals surface area contributed by atoms with E-state index in [9.17, 15) is 0 Å². The van der Waals surface area contributed by atoms with Gasteiger partial charge in [-0.3, -0.25) is 0 Å². The molecule has 0 unspecified atom stereocenters. The molecule has 0 saturated carbocycles. The second kappa shape index (κ2) is 4.39. The minimum atomic E-state index is 1.11. The molecule has 9 heavy (non-hydrogen) atoms. The van der Waals surface area contributed by atoms with Gasteiger partial charge in [0.05, 0.1) is 0 Å². The van der Waals surface area contributed by atoms with Crippen LogP contribution in [0.1, 0.15) is 27.2 Å². The van der Waals surface area contributed by atoms with Crippen LogP contribution in [-0.2, 0) is 0 Å². The normalized spacial score (nSPS) is 12.9. The molecule has 54 valence electrons. The van der Waals surface area contributed by atoms with Crippen LogP contribution in [0, 0.1) is 0 Å². The molecule has 0 fully saturated rings. The lowest BCUT2D eigenvalue weighted by atomic mass is 10.2. The van der Waals surface area contributed by atoms with Crippen molar-refractivity contribution in [1.82, 2.24) is 10.9 Å². The first-order valence-corrected chi connectivity index (χ1v) is 3.31. The Morgan fingerprint density at radius 1 is 1.33 bits per heavy atom. The van der Waals surface area contributed by atoms with Crippen LogP contribution in [0.4, 0.5) is 0 Å². The monoisotopic (exact) mass is 128 g/mol. The summed E-state index contributed by atoms with van der Waals surface area (Å²) in [6.45, 7) is 6.34. The van der Waals surface area contributed by atoms with Crippen LogP contribution in [-0.4, -0.2) is 7.05 Å². The zero-order valence-corrected chi connectivity index (χ0v) is 6.71. The predicted molar refractivity (Wildman–Crippen MR) is 40.9 cm³/mol. The predicted octanol–water partition coefficient (Wildman–Crippen LogP) is 1.41. The van der Waals surface area contributed by atoms with Gasteiger partial charge in [-0.1, -0.05) is 12.5 Å². The average molecular weight is 128 g/mol. The van der Waals surface area contributed by atoms with Gasteiger partial charge in [-0.15, -0.1) is 0 Å². The highest BCUT2D eigenvalue weighted by Gasteiger charge is 1.89. The third-order valence-corrected chi connectivity index (χ3v) is 1.48. The third-order valence-electron chi connectivity index (χ3n) is 1.48. The molecule has 0 rings (SSSR count). The summed E-state index contributed by atoms with van der Waals surface area (Å²) in [6.07, 6.45) is 1.11. The largest absolute Gasteiger partial charge is 0.326 e. The summed E-state index contributed by atoms with van der Waals surface area (Å²) >= 11 is 0. The van der Waals surface area contributed by atoms with Crippen molar-refractivity contribution in [2.75, 3.05) is 7.05 Å². The van der Waals surface area contributed by atoms with Crippen LogP contribution in [0.15, 0.2) is 11.3 Å². The number of allylic oxidation sites excluding steroid dienone is 2. The number of hydrogen-bond acceptors (Lipinski definition) is 2. The molecule has 0 heterocycles. The molecular weight excluding hydrogens is 112 g/mol. The lowest BCUT2D eigenvalue weighted by molar-refractivity contribution is 0.677.